The normalized spacial score (nSPS) is 26.5. The SMILES string of the molecule is CCC(=O)N(C)[C@@H]1CS(=O)(=O)C[C@H]1N(C)C=O. The highest BCUT2D eigenvalue weighted by Gasteiger charge is 2.42. The predicted molar refractivity (Wildman–Crippen MR) is 63.1 cm³/mol. The highest BCUT2D eigenvalue weighted by molar-refractivity contribution is 7.91. The van der Waals surface area contributed by atoms with Crippen molar-refractivity contribution in [1.29, 1.82) is 0 Å². The van der Waals surface area contributed by atoms with Crippen LogP contribution in [0.2, 0.25) is 0 Å². The fraction of sp³-hybridized carbons (Fsp3) is 0.800. The van der Waals surface area contributed by atoms with Gasteiger partial charge in [-0.3, -0.25) is 9.59 Å². The maximum Gasteiger partial charge on any atom is 0.222 e. The van der Waals surface area contributed by atoms with Gasteiger partial charge < -0.3 is 9.80 Å². The zero-order chi connectivity index (χ0) is 13.2. The van der Waals surface area contributed by atoms with Crippen LogP contribution in [0.3, 0.4) is 0 Å². The zero-order valence-corrected chi connectivity index (χ0v) is 11.1. The van der Waals surface area contributed by atoms with Crippen LogP contribution >= 0.6 is 0 Å². The van der Waals surface area contributed by atoms with E-state index in [4.69, 9.17) is 0 Å². The molecule has 6 nitrogen and oxygen atoms in total. The molecule has 0 spiro atoms. The third-order valence-electron chi connectivity index (χ3n) is 3.18. The van der Waals surface area contributed by atoms with Crippen molar-refractivity contribution in [3.8, 4) is 0 Å². The van der Waals surface area contributed by atoms with Gasteiger partial charge in [-0.2, -0.15) is 0 Å². The lowest BCUT2D eigenvalue weighted by Crippen LogP contribution is -2.50. The Balaban J connectivity index is 2.95. The molecule has 0 aliphatic carbocycles. The van der Waals surface area contributed by atoms with E-state index in [1.165, 1.54) is 16.8 Å². The predicted octanol–water partition coefficient (Wildman–Crippen LogP) is -0.891. The van der Waals surface area contributed by atoms with Crippen molar-refractivity contribution in [3.05, 3.63) is 0 Å². The second kappa shape index (κ2) is 5.03. The summed E-state index contributed by atoms with van der Waals surface area (Å²) >= 11 is 0. The first kappa shape index (κ1) is 14.0. The van der Waals surface area contributed by atoms with Crippen molar-refractivity contribution >= 4 is 22.2 Å². The van der Waals surface area contributed by atoms with Crippen LogP contribution < -0.4 is 0 Å². The number of rotatable bonds is 4. The molecule has 2 atom stereocenters. The van der Waals surface area contributed by atoms with E-state index in [-0.39, 0.29) is 17.4 Å². The van der Waals surface area contributed by atoms with Gasteiger partial charge in [-0.15, -0.1) is 0 Å². The van der Waals surface area contributed by atoms with E-state index in [0.29, 0.717) is 12.8 Å². The Kier molecular flexibility index (Phi) is 4.13. The Bertz CT molecular complexity index is 407. The van der Waals surface area contributed by atoms with Gasteiger partial charge in [0.05, 0.1) is 23.6 Å². The van der Waals surface area contributed by atoms with Crippen LogP contribution in [0.1, 0.15) is 13.3 Å². The Morgan fingerprint density at radius 2 is 1.82 bits per heavy atom. The molecule has 0 saturated carbocycles. The molecular weight excluding hydrogens is 244 g/mol. The molecule has 0 unspecified atom stereocenters. The largest absolute Gasteiger partial charge is 0.342 e. The van der Waals surface area contributed by atoms with E-state index in [9.17, 15) is 18.0 Å². The summed E-state index contributed by atoms with van der Waals surface area (Å²) in [6, 6.07) is -0.888. The molecule has 1 heterocycles. The van der Waals surface area contributed by atoms with Crippen LogP contribution in [0, 0.1) is 0 Å². The van der Waals surface area contributed by atoms with Gasteiger partial charge in [-0.1, -0.05) is 6.92 Å². The number of amides is 2. The van der Waals surface area contributed by atoms with Gasteiger partial charge in [0.15, 0.2) is 9.84 Å². The second-order valence-electron chi connectivity index (χ2n) is 4.34. The van der Waals surface area contributed by atoms with Gasteiger partial charge in [-0.25, -0.2) is 8.42 Å². The topological polar surface area (TPSA) is 74.8 Å². The van der Waals surface area contributed by atoms with E-state index in [0.717, 1.165) is 0 Å². The number of nitrogens with zero attached hydrogens (tertiary/aromatic N) is 2. The maximum atomic E-state index is 11.6. The van der Waals surface area contributed by atoms with Crippen LogP contribution in [0.5, 0.6) is 0 Å². The number of likely N-dealkylation sites (N-methyl/N-ethyl adjacent to an activating group) is 2. The van der Waals surface area contributed by atoms with Crippen molar-refractivity contribution in [3.63, 3.8) is 0 Å². The summed E-state index contributed by atoms with van der Waals surface area (Å²) in [6.07, 6.45) is 0.924. The van der Waals surface area contributed by atoms with E-state index in [1.54, 1.807) is 14.0 Å². The van der Waals surface area contributed by atoms with Crippen molar-refractivity contribution in [2.75, 3.05) is 25.6 Å². The Labute approximate surface area is 101 Å². The van der Waals surface area contributed by atoms with Crippen LogP contribution in [-0.2, 0) is 19.4 Å². The molecule has 1 rings (SSSR count). The fourth-order valence-electron chi connectivity index (χ4n) is 2.08. The lowest BCUT2D eigenvalue weighted by Gasteiger charge is -2.31. The van der Waals surface area contributed by atoms with E-state index < -0.39 is 21.9 Å². The molecule has 1 fully saturated rings. The average Bonchev–Trinajstić information content (AvgIpc) is 2.62. The molecule has 7 heteroatoms. The van der Waals surface area contributed by atoms with Gasteiger partial charge in [0, 0.05) is 20.5 Å². The number of carbonyl (C=O) groups excluding carboxylic acids is 2. The first-order chi connectivity index (χ1) is 7.82. The van der Waals surface area contributed by atoms with Gasteiger partial charge in [0.1, 0.15) is 0 Å². The maximum absolute atomic E-state index is 11.6. The molecule has 98 valence electrons. The lowest BCUT2D eigenvalue weighted by molar-refractivity contribution is -0.133. The van der Waals surface area contributed by atoms with E-state index in [2.05, 4.69) is 0 Å². The quantitative estimate of drug-likeness (QED) is 0.616. The third-order valence-corrected chi connectivity index (χ3v) is 4.88. The molecule has 2 amide bonds. The molecule has 1 aliphatic rings. The van der Waals surface area contributed by atoms with Crippen molar-refractivity contribution < 1.29 is 18.0 Å². The van der Waals surface area contributed by atoms with Crippen molar-refractivity contribution in [2.45, 2.75) is 25.4 Å². The van der Waals surface area contributed by atoms with Gasteiger partial charge in [0.2, 0.25) is 12.3 Å². The highest BCUT2D eigenvalue weighted by atomic mass is 32.2. The molecular formula is C10H18N2O4S. The summed E-state index contributed by atoms with van der Waals surface area (Å²) in [5.74, 6) is -0.261. The Hall–Kier alpha value is -1.11. The summed E-state index contributed by atoms with van der Waals surface area (Å²) in [5, 5.41) is 0. The van der Waals surface area contributed by atoms with Gasteiger partial charge in [0.25, 0.3) is 0 Å². The highest BCUT2D eigenvalue weighted by Crippen LogP contribution is 2.21. The fourth-order valence-corrected chi connectivity index (χ4v) is 4.16. The molecule has 0 aromatic carbocycles. The summed E-state index contributed by atoms with van der Waals surface area (Å²) < 4.78 is 23.2. The molecule has 0 aromatic rings. The van der Waals surface area contributed by atoms with Crippen LogP contribution in [-0.4, -0.2) is 68.2 Å². The van der Waals surface area contributed by atoms with Crippen molar-refractivity contribution in [1.82, 2.24) is 9.80 Å². The van der Waals surface area contributed by atoms with Crippen LogP contribution in [0.15, 0.2) is 0 Å². The molecule has 17 heavy (non-hydrogen) atoms. The Morgan fingerprint density at radius 1 is 1.29 bits per heavy atom. The minimum absolute atomic E-state index is 0.0713. The standard InChI is InChI=1S/C10H18N2O4S/c1-4-10(14)12(3)9-6-17(15,16)5-8(9)11(2)7-13/h7-9H,4-6H2,1-3H3/t8-,9-/m1/s1. The van der Waals surface area contributed by atoms with Crippen molar-refractivity contribution in [2.24, 2.45) is 0 Å². The molecule has 0 aromatic heterocycles. The monoisotopic (exact) mass is 262 g/mol. The minimum atomic E-state index is -3.18. The van der Waals surface area contributed by atoms with Crippen LogP contribution in [0.25, 0.3) is 0 Å². The summed E-state index contributed by atoms with van der Waals surface area (Å²) in [5.41, 5.74) is 0. The lowest BCUT2D eigenvalue weighted by atomic mass is 10.1. The summed E-state index contributed by atoms with van der Waals surface area (Å²) in [6.45, 7) is 1.72. The summed E-state index contributed by atoms with van der Waals surface area (Å²) in [4.78, 5) is 25.1. The second-order valence-corrected chi connectivity index (χ2v) is 6.49. The van der Waals surface area contributed by atoms with E-state index >= 15 is 0 Å². The first-order valence-corrected chi connectivity index (χ1v) is 7.27. The number of sulfone groups is 1. The van der Waals surface area contributed by atoms with Crippen LogP contribution in [0.4, 0.5) is 0 Å². The first-order valence-electron chi connectivity index (χ1n) is 5.45. The average molecular weight is 262 g/mol. The minimum Gasteiger partial charge on any atom is -0.342 e. The van der Waals surface area contributed by atoms with E-state index in [1.807, 2.05) is 0 Å². The molecule has 0 N–H and O–H groups in total. The van der Waals surface area contributed by atoms with Gasteiger partial charge in [-0.05, 0) is 0 Å². The molecule has 0 bridgehead atoms. The third kappa shape index (κ3) is 2.96. The van der Waals surface area contributed by atoms with Gasteiger partial charge >= 0.3 is 0 Å². The molecule has 0 radical (unpaired) electrons. The smallest absolute Gasteiger partial charge is 0.222 e. The number of hydrogen-bond donors (Lipinski definition) is 0. The number of hydrogen-bond acceptors (Lipinski definition) is 4. The number of carbonyl (C=O) groups is 2. The molecule has 1 aliphatic heterocycles. The summed E-state index contributed by atoms with van der Waals surface area (Å²) in [7, 11) is -0.0572. The molecule has 1 saturated heterocycles. The Morgan fingerprint density at radius 3 is 2.29 bits per heavy atom. The zero-order valence-electron chi connectivity index (χ0n) is 10.3.